The Labute approximate surface area is 247 Å². The van der Waals surface area contributed by atoms with Crippen LogP contribution in [0.5, 0.6) is 0 Å². The summed E-state index contributed by atoms with van der Waals surface area (Å²) in [6, 6.07) is 50.2. The maximum Gasteiger partial charge on any atom is 0.269 e. The molecule has 1 aliphatic rings. The van der Waals surface area contributed by atoms with Gasteiger partial charge >= 0.3 is 0 Å². The van der Waals surface area contributed by atoms with E-state index in [1.807, 2.05) is 11.3 Å². The van der Waals surface area contributed by atoms with Crippen LogP contribution in [0.1, 0.15) is 17.4 Å². The van der Waals surface area contributed by atoms with E-state index in [1.165, 1.54) is 64.4 Å². The van der Waals surface area contributed by atoms with Crippen LogP contribution in [-0.4, -0.2) is 10.3 Å². The number of fused-ring (bicyclic) bond motifs is 8. The van der Waals surface area contributed by atoms with E-state index in [2.05, 4.69) is 149 Å². The van der Waals surface area contributed by atoms with Gasteiger partial charge in [0.15, 0.2) is 0 Å². The van der Waals surface area contributed by atoms with Gasteiger partial charge < -0.3 is 0 Å². The number of hydrogen-bond acceptors (Lipinski definition) is 2. The lowest BCUT2D eigenvalue weighted by molar-refractivity contribution is -0.633. The second-order valence-electron chi connectivity index (χ2n) is 10.9. The number of quaternary nitrogens is 1. The third-order valence-corrected chi connectivity index (χ3v) is 9.74. The van der Waals surface area contributed by atoms with Crippen LogP contribution in [0.3, 0.4) is 0 Å². The van der Waals surface area contributed by atoms with Crippen LogP contribution in [0.25, 0.3) is 53.1 Å². The predicted molar refractivity (Wildman–Crippen MR) is 177 cm³/mol. The van der Waals surface area contributed by atoms with Crippen molar-refractivity contribution in [3.05, 3.63) is 151 Å². The number of para-hydroxylation sites is 2. The van der Waals surface area contributed by atoms with E-state index in [0.717, 1.165) is 11.3 Å². The van der Waals surface area contributed by atoms with Crippen molar-refractivity contribution in [1.29, 1.82) is 0 Å². The van der Waals surface area contributed by atoms with E-state index >= 15 is 0 Å². The fraction of sp³-hybridized carbons (Fsp3) is 0.0263. The van der Waals surface area contributed by atoms with Crippen LogP contribution < -0.4 is 5.32 Å². The summed E-state index contributed by atoms with van der Waals surface area (Å²) in [6.45, 7) is 0. The highest BCUT2D eigenvalue weighted by molar-refractivity contribution is 7.26. The second kappa shape index (κ2) is 9.25. The van der Waals surface area contributed by atoms with Crippen molar-refractivity contribution in [3.8, 4) is 11.1 Å². The van der Waals surface area contributed by atoms with Gasteiger partial charge in [-0.05, 0) is 47.5 Å². The van der Waals surface area contributed by atoms with E-state index in [4.69, 9.17) is 4.99 Å². The first-order valence-corrected chi connectivity index (χ1v) is 15.2. The summed E-state index contributed by atoms with van der Waals surface area (Å²) in [6.07, 6.45) is -0.176. The number of aliphatic imine (C=N–C) groups is 1. The van der Waals surface area contributed by atoms with Gasteiger partial charge in [0.1, 0.15) is 5.69 Å². The van der Waals surface area contributed by atoms with Crippen molar-refractivity contribution < 1.29 is 5.32 Å². The second-order valence-corrected chi connectivity index (χ2v) is 12.0. The van der Waals surface area contributed by atoms with Gasteiger partial charge in [0.25, 0.3) is 6.29 Å². The Morgan fingerprint density at radius 2 is 1.31 bits per heavy atom. The number of thiophene rings is 1. The molecule has 0 fully saturated rings. The van der Waals surface area contributed by atoms with Gasteiger partial charge in [-0.1, -0.05) is 103 Å². The van der Waals surface area contributed by atoms with Crippen molar-refractivity contribution in [2.24, 2.45) is 4.99 Å². The zero-order chi connectivity index (χ0) is 27.6. The standard InChI is InChI=1S/C38H25N3S/c1-2-11-24(12-3-1)25-13-10-14-26(23-25)36-29-16-4-7-18-31(29)39-38(40-36)41-32-19-8-5-17-30(32)35-33(41)22-21-28-27-15-6-9-20-34(27)42-37(28)35/h1-23,38-39H/p+1. The zero-order valence-corrected chi connectivity index (χ0v) is 23.6. The highest BCUT2D eigenvalue weighted by Crippen LogP contribution is 2.43. The monoisotopic (exact) mass is 556 g/mol. The van der Waals surface area contributed by atoms with Gasteiger partial charge in [-0.2, -0.15) is 0 Å². The molecule has 0 amide bonds. The van der Waals surface area contributed by atoms with Crippen LogP contribution in [0.15, 0.2) is 145 Å². The first-order valence-electron chi connectivity index (χ1n) is 14.3. The first kappa shape index (κ1) is 23.7. The van der Waals surface area contributed by atoms with Gasteiger partial charge in [0, 0.05) is 36.5 Å². The molecular weight excluding hydrogens is 531 g/mol. The third kappa shape index (κ3) is 3.53. The number of nitrogens with two attached hydrogens (primary N) is 1. The molecule has 2 N–H and O–H groups in total. The molecule has 1 aliphatic heterocycles. The van der Waals surface area contributed by atoms with E-state index in [9.17, 15) is 0 Å². The van der Waals surface area contributed by atoms with Gasteiger partial charge in [-0.25, -0.2) is 4.99 Å². The molecule has 8 aromatic rings. The average molecular weight is 557 g/mol. The molecule has 198 valence electrons. The molecular formula is C38H26N3S+. The summed E-state index contributed by atoms with van der Waals surface area (Å²) in [7, 11) is 0. The lowest BCUT2D eigenvalue weighted by atomic mass is 9.96. The molecule has 1 atom stereocenters. The zero-order valence-electron chi connectivity index (χ0n) is 22.7. The fourth-order valence-electron chi connectivity index (χ4n) is 6.65. The minimum Gasteiger partial charge on any atom is -0.274 e. The number of hydrogen-bond donors (Lipinski definition) is 1. The van der Waals surface area contributed by atoms with Crippen LogP contribution in [0.2, 0.25) is 0 Å². The highest BCUT2D eigenvalue weighted by atomic mass is 32.1. The minimum absolute atomic E-state index is 0.176. The summed E-state index contributed by atoms with van der Waals surface area (Å²) in [5.74, 6) is 0. The molecule has 3 heterocycles. The van der Waals surface area contributed by atoms with E-state index in [1.54, 1.807) is 0 Å². The average Bonchev–Trinajstić information content (AvgIpc) is 3.60. The lowest BCUT2D eigenvalue weighted by Gasteiger charge is -2.24. The van der Waals surface area contributed by atoms with Crippen LogP contribution in [0, 0.1) is 0 Å². The summed E-state index contributed by atoms with van der Waals surface area (Å²) in [5.41, 5.74) is 9.39. The first-order chi connectivity index (χ1) is 20.8. The minimum atomic E-state index is -0.176. The van der Waals surface area contributed by atoms with Crippen molar-refractivity contribution >= 4 is 64.7 Å². The van der Waals surface area contributed by atoms with E-state index in [-0.39, 0.29) is 6.29 Å². The van der Waals surface area contributed by atoms with Crippen molar-refractivity contribution in [2.45, 2.75) is 6.29 Å². The smallest absolute Gasteiger partial charge is 0.269 e. The molecule has 6 aromatic carbocycles. The Morgan fingerprint density at radius 1 is 0.571 bits per heavy atom. The molecule has 0 saturated heterocycles. The number of rotatable bonds is 3. The summed E-state index contributed by atoms with van der Waals surface area (Å²) < 4.78 is 5.11. The summed E-state index contributed by atoms with van der Waals surface area (Å²) in [4.78, 5) is 5.52. The van der Waals surface area contributed by atoms with E-state index in [0.29, 0.717) is 0 Å². The van der Waals surface area contributed by atoms with Gasteiger partial charge in [-0.3, -0.25) is 9.88 Å². The predicted octanol–water partition coefficient (Wildman–Crippen LogP) is 9.03. The van der Waals surface area contributed by atoms with Crippen molar-refractivity contribution in [2.75, 3.05) is 0 Å². The number of benzene rings is 6. The highest BCUT2D eigenvalue weighted by Gasteiger charge is 2.29. The van der Waals surface area contributed by atoms with Gasteiger partial charge in [0.2, 0.25) is 0 Å². The molecule has 4 heteroatoms. The van der Waals surface area contributed by atoms with Crippen LogP contribution in [-0.2, 0) is 0 Å². The molecule has 42 heavy (non-hydrogen) atoms. The largest absolute Gasteiger partial charge is 0.274 e. The Balaban J connectivity index is 1.29. The van der Waals surface area contributed by atoms with Gasteiger partial charge in [-0.15, -0.1) is 11.3 Å². The quantitative estimate of drug-likeness (QED) is 0.211. The third-order valence-electron chi connectivity index (χ3n) is 8.53. The topological polar surface area (TPSA) is 33.9 Å². The maximum absolute atomic E-state index is 5.52. The van der Waals surface area contributed by atoms with Gasteiger partial charge in [0.05, 0.1) is 22.3 Å². The molecule has 9 rings (SSSR count). The van der Waals surface area contributed by atoms with Crippen LogP contribution in [0.4, 0.5) is 5.69 Å². The fourth-order valence-corrected chi connectivity index (χ4v) is 7.91. The molecule has 2 aromatic heterocycles. The Bertz CT molecular complexity index is 2340. The SMILES string of the molecule is c1ccc(-c2cccc(C3=NC(n4c5ccccc5c5c6sc7ccccc7c6ccc54)[NH2+]c4ccccc43)c2)cc1. The number of nitrogens with zero attached hydrogens (tertiary/aromatic N) is 2. The molecule has 3 nitrogen and oxygen atoms in total. The van der Waals surface area contributed by atoms with Crippen molar-refractivity contribution in [1.82, 2.24) is 4.57 Å². The summed E-state index contributed by atoms with van der Waals surface area (Å²) >= 11 is 1.89. The molecule has 0 bridgehead atoms. The maximum atomic E-state index is 5.52. The molecule has 0 saturated carbocycles. The van der Waals surface area contributed by atoms with Crippen molar-refractivity contribution in [3.63, 3.8) is 0 Å². The molecule has 0 aliphatic carbocycles. The van der Waals surface area contributed by atoms with E-state index < -0.39 is 0 Å². The molecule has 0 spiro atoms. The Kier molecular flexibility index (Phi) is 5.21. The Morgan fingerprint density at radius 3 is 2.24 bits per heavy atom. The molecule has 1 unspecified atom stereocenters. The number of aromatic nitrogens is 1. The molecule has 0 radical (unpaired) electrons. The summed E-state index contributed by atoms with van der Waals surface area (Å²) in [5, 5.41) is 7.57. The van der Waals surface area contributed by atoms with Crippen LogP contribution >= 0.6 is 11.3 Å². The Hall–Kier alpha value is -5.03. The lowest BCUT2D eigenvalue weighted by Crippen LogP contribution is -2.82. The normalized spacial score (nSPS) is 15.0.